The van der Waals surface area contributed by atoms with E-state index in [9.17, 15) is 14.0 Å². The molecule has 7 nitrogen and oxygen atoms in total. The van der Waals surface area contributed by atoms with E-state index in [1.54, 1.807) is 50.4 Å². The average Bonchev–Trinajstić information content (AvgIpc) is 3.38. The molecule has 0 spiro atoms. The number of hydrogen-bond donors (Lipinski definition) is 0. The third kappa shape index (κ3) is 6.24. The van der Waals surface area contributed by atoms with Crippen LogP contribution in [0.3, 0.4) is 0 Å². The number of thiazole rings is 1. The van der Waals surface area contributed by atoms with Gasteiger partial charge in [-0.15, -0.1) is 0 Å². The number of benzene rings is 4. The van der Waals surface area contributed by atoms with E-state index in [4.69, 9.17) is 30.8 Å². The lowest BCUT2D eigenvalue weighted by atomic mass is 9.93. The normalized spacial score (nSPS) is 14.4. The smallest absolute Gasteiger partial charge is 0.338 e. The number of esters is 1. The van der Waals surface area contributed by atoms with Gasteiger partial charge in [0.1, 0.15) is 12.4 Å². The lowest BCUT2D eigenvalue weighted by Crippen LogP contribution is -2.40. The number of hydrogen-bond acceptors (Lipinski definition) is 7. The monoisotopic (exact) mass is 654 g/mol. The maximum atomic E-state index is 14.1. The van der Waals surface area contributed by atoms with Gasteiger partial charge in [-0.05, 0) is 54.5 Å². The number of ether oxygens (including phenoxy) is 3. The first-order valence-corrected chi connectivity index (χ1v) is 15.7. The molecule has 0 fully saturated rings. The Labute approximate surface area is 273 Å². The van der Waals surface area contributed by atoms with E-state index in [1.807, 2.05) is 54.6 Å². The highest BCUT2D eigenvalue weighted by atomic mass is 35.5. The Morgan fingerprint density at radius 2 is 1.74 bits per heavy atom. The molecular formula is C36H28ClFN2O5S. The van der Waals surface area contributed by atoms with Crippen molar-refractivity contribution in [2.24, 2.45) is 4.99 Å². The fraction of sp³-hybridized carbons (Fsp3) is 0.139. The van der Waals surface area contributed by atoms with Gasteiger partial charge in [0.05, 0.1) is 35.6 Å². The first-order valence-electron chi connectivity index (χ1n) is 14.5. The van der Waals surface area contributed by atoms with Crippen LogP contribution in [-0.2, 0) is 16.1 Å². The van der Waals surface area contributed by atoms with Gasteiger partial charge in [0.2, 0.25) is 0 Å². The van der Waals surface area contributed by atoms with Crippen molar-refractivity contribution < 1.29 is 23.4 Å². The van der Waals surface area contributed by atoms with Crippen molar-refractivity contribution in [1.29, 1.82) is 0 Å². The van der Waals surface area contributed by atoms with E-state index >= 15 is 0 Å². The van der Waals surface area contributed by atoms with Crippen molar-refractivity contribution in [3.05, 3.63) is 155 Å². The first kappa shape index (κ1) is 31.0. The van der Waals surface area contributed by atoms with Crippen molar-refractivity contribution in [2.75, 3.05) is 13.7 Å². The van der Waals surface area contributed by atoms with Crippen LogP contribution in [0.25, 0.3) is 11.8 Å². The van der Waals surface area contributed by atoms with Crippen LogP contribution in [0.2, 0.25) is 5.02 Å². The highest BCUT2D eigenvalue weighted by molar-refractivity contribution is 7.07. The molecule has 5 aromatic rings. The van der Waals surface area contributed by atoms with Crippen molar-refractivity contribution in [2.45, 2.75) is 19.6 Å². The zero-order chi connectivity index (χ0) is 32.2. The number of carbonyl (C=O) groups is 1. The fourth-order valence-electron chi connectivity index (χ4n) is 5.22. The molecule has 0 saturated carbocycles. The second kappa shape index (κ2) is 13.6. The summed E-state index contributed by atoms with van der Waals surface area (Å²) in [6.45, 7) is 2.10. The summed E-state index contributed by atoms with van der Waals surface area (Å²) in [7, 11) is 1.54. The number of halogens is 2. The van der Waals surface area contributed by atoms with E-state index in [2.05, 4.69) is 0 Å². The van der Waals surface area contributed by atoms with Gasteiger partial charge in [0, 0.05) is 16.1 Å². The predicted octanol–water partition coefficient (Wildman–Crippen LogP) is 6.32. The van der Waals surface area contributed by atoms with Gasteiger partial charge in [0.25, 0.3) is 5.56 Å². The van der Waals surface area contributed by atoms with Gasteiger partial charge in [-0.3, -0.25) is 9.36 Å². The van der Waals surface area contributed by atoms with Crippen LogP contribution in [0, 0.1) is 5.82 Å². The van der Waals surface area contributed by atoms with Crippen LogP contribution in [0.15, 0.2) is 112 Å². The second-order valence-corrected chi connectivity index (χ2v) is 11.7. The summed E-state index contributed by atoms with van der Waals surface area (Å²) in [5.41, 5.74) is 2.99. The second-order valence-electron chi connectivity index (χ2n) is 10.3. The minimum Gasteiger partial charge on any atom is -0.493 e. The largest absolute Gasteiger partial charge is 0.493 e. The van der Waals surface area contributed by atoms with E-state index in [1.165, 1.54) is 28.0 Å². The molecule has 1 aliphatic rings. The quantitative estimate of drug-likeness (QED) is 0.174. The molecule has 0 amide bonds. The van der Waals surface area contributed by atoms with Crippen molar-refractivity contribution in [3.8, 4) is 11.5 Å². The predicted molar refractivity (Wildman–Crippen MR) is 176 cm³/mol. The Kier molecular flexibility index (Phi) is 9.14. The maximum absolute atomic E-state index is 14.1. The molecule has 1 aromatic heterocycles. The summed E-state index contributed by atoms with van der Waals surface area (Å²) in [6.07, 6.45) is 1.74. The van der Waals surface area contributed by atoms with E-state index in [0.29, 0.717) is 48.2 Å². The third-order valence-electron chi connectivity index (χ3n) is 7.39. The maximum Gasteiger partial charge on any atom is 0.338 e. The minimum atomic E-state index is -0.900. The highest BCUT2D eigenvalue weighted by Gasteiger charge is 2.35. The number of rotatable bonds is 9. The third-order valence-corrected chi connectivity index (χ3v) is 8.74. The Bertz CT molecular complexity index is 2120. The summed E-state index contributed by atoms with van der Waals surface area (Å²) < 4.78 is 32.9. The van der Waals surface area contributed by atoms with Crippen molar-refractivity contribution in [1.82, 2.24) is 4.57 Å². The van der Waals surface area contributed by atoms with Crippen LogP contribution in [-0.4, -0.2) is 24.3 Å². The Balaban J connectivity index is 1.47. The lowest BCUT2D eigenvalue weighted by molar-refractivity contribution is -0.138. The number of nitrogens with zero attached hydrogens (tertiary/aromatic N) is 2. The molecule has 0 radical (unpaired) electrons. The minimum absolute atomic E-state index is 0.130. The van der Waals surface area contributed by atoms with E-state index < -0.39 is 17.8 Å². The molecule has 46 heavy (non-hydrogen) atoms. The molecule has 4 aromatic carbocycles. The molecule has 1 aliphatic heterocycles. The Morgan fingerprint density at radius 1 is 1.00 bits per heavy atom. The van der Waals surface area contributed by atoms with E-state index in [-0.39, 0.29) is 24.3 Å². The zero-order valence-corrected chi connectivity index (χ0v) is 26.5. The van der Waals surface area contributed by atoms with Crippen LogP contribution >= 0.6 is 22.9 Å². The topological polar surface area (TPSA) is 79.1 Å². The number of aromatic nitrogens is 1. The van der Waals surface area contributed by atoms with Crippen LogP contribution in [0.1, 0.15) is 35.2 Å². The Morgan fingerprint density at radius 3 is 2.46 bits per heavy atom. The van der Waals surface area contributed by atoms with Gasteiger partial charge >= 0.3 is 5.97 Å². The van der Waals surface area contributed by atoms with Gasteiger partial charge in [0.15, 0.2) is 16.3 Å². The average molecular weight is 655 g/mol. The molecule has 10 heteroatoms. The molecule has 232 valence electrons. The summed E-state index contributed by atoms with van der Waals surface area (Å²) in [4.78, 5) is 32.9. The van der Waals surface area contributed by atoms with Crippen molar-refractivity contribution in [3.63, 3.8) is 0 Å². The summed E-state index contributed by atoms with van der Waals surface area (Å²) in [5, 5.41) is 0.605. The van der Waals surface area contributed by atoms with Crippen LogP contribution < -0.4 is 24.4 Å². The first-order chi connectivity index (χ1) is 22.4. The SMILES string of the molecule is CCOC(=O)C1=C(c2ccccc2)N=c2s/c(=C\c3ccc(OCc4ccccc4Cl)c(OC)c3)c(=O)n2[C@H]1c1ccc(F)cc1. The molecule has 1 atom stereocenters. The van der Waals surface area contributed by atoms with E-state index in [0.717, 1.165) is 5.56 Å². The number of methoxy groups -OCH3 is 1. The molecule has 6 rings (SSSR count). The van der Waals surface area contributed by atoms with Crippen LogP contribution in [0.4, 0.5) is 4.39 Å². The summed E-state index contributed by atoms with van der Waals surface area (Å²) in [6, 6.07) is 26.9. The van der Waals surface area contributed by atoms with Crippen molar-refractivity contribution >= 4 is 40.7 Å². The van der Waals surface area contributed by atoms with Gasteiger partial charge in [-0.1, -0.05) is 89.7 Å². The van der Waals surface area contributed by atoms with Gasteiger partial charge in [-0.2, -0.15) is 0 Å². The van der Waals surface area contributed by atoms with Crippen LogP contribution in [0.5, 0.6) is 11.5 Å². The Hall–Kier alpha value is -4.99. The van der Waals surface area contributed by atoms with Gasteiger partial charge in [-0.25, -0.2) is 14.2 Å². The molecule has 0 aliphatic carbocycles. The summed E-state index contributed by atoms with van der Waals surface area (Å²) >= 11 is 7.47. The molecular weight excluding hydrogens is 627 g/mol. The fourth-order valence-corrected chi connectivity index (χ4v) is 6.41. The molecule has 0 unspecified atom stereocenters. The molecule has 0 saturated heterocycles. The lowest BCUT2D eigenvalue weighted by Gasteiger charge is -2.25. The van der Waals surface area contributed by atoms with Gasteiger partial charge < -0.3 is 14.2 Å². The molecule has 0 bridgehead atoms. The summed E-state index contributed by atoms with van der Waals surface area (Å²) in [5.74, 6) is -0.0437. The standard InChI is InChI=1S/C36H28ClFN2O5S/c1-3-44-35(42)31-32(23-9-5-4-6-10-23)39-36-40(33(31)24-14-16-26(38)17-15-24)34(41)30(46-36)20-22-13-18-28(29(19-22)43-2)45-21-25-11-7-8-12-27(25)37/h4-20,33H,3,21H2,1-2H3/b30-20-/t33-/m0/s1. The molecule has 2 heterocycles. The number of fused-ring (bicyclic) bond motifs is 1. The zero-order valence-electron chi connectivity index (χ0n) is 24.9. The highest BCUT2D eigenvalue weighted by Crippen LogP contribution is 2.35. The number of carbonyl (C=O) groups excluding carboxylic acids is 1. The molecule has 0 N–H and O–H groups in total.